The van der Waals surface area contributed by atoms with Crippen LogP contribution in [0.2, 0.25) is 10.0 Å². The molecule has 1 aromatic carbocycles. The van der Waals surface area contributed by atoms with E-state index in [-0.39, 0.29) is 17.9 Å². The van der Waals surface area contributed by atoms with E-state index in [0.29, 0.717) is 57.1 Å². The topological polar surface area (TPSA) is 101 Å². The molecule has 2 aliphatic rings. The molecule has 0 unspecified atom stereocenters. The predicted octanol–water partition coefficient (Wildman–Crippen LogP) is 4.41. The van der Waals surface area contributed by atoms with Gasteiger partial charge in [0, 0.05) is 67.1 Å². The second-order valence-electron chi connectivity index (χ2n) is 9.48. The zero-order valence-corrected chi connectivity index (χ0v) is 21.8. The highest BCUT2D eigenvalue weighted by molar-refractivity contribution is 6.35. The van der Waals surface area contributed by atoms with E-state index >= 15 is 4.39 Å². The number of nitrogens with two attached hydrogens (primary N) is 1. The summed E-state index contributed by atoms with van der Waals surface area (Å²) in [6.07, 6.45) is 4.49. The lowest BCUT2D eigenvalue weighted by atomic mass is 9.89. The average molecular weight is 545 g/mol. The maximum Gasteiger partial charge on any atom is 0.166 e. The fraction of sp³-hybridized carbons (Fsp3) is 0.346. The maximum absolute atomic E-state index is 15.1. The molecule has 11 heteroatoms. The molecule has 4 heterocycles. The highest BCUT2D eigenvalue weighted by Gasteiger charge is 2.45. The number of nitrogen functional groups attached to an aromatic ring is 1. The van der Waals surface area contributed by atoms with Gasteiger partial charge in [0.15, 0.2) is 11.6 Å². The first-order chi connectivity index (χ1) is 17.7. The van der Waals surface area contributed by atoms with Gasteiger partial charge in [-0.3, -0.25) is 15.3 Å². The van der Waals surface area contributed by atoms with E-state index in [2.05, 4.69) is 21.8 Å². The number of benzene rings is 1. The molecule has 0 aliphatic carbocycles. The zero-order valence-electron chi connectivity index (χ0n) is 20.3. The molecular weight excluding hydrogens is 518 g/mol. The second kappa shape index (κ2) is 10.4. The maximum atomic E-state index is 15.1. The summed E-state index contributed by atoms with van der Waals surface area (Å²) < 4.78 is 26.4. The van der Waals surface area contributed by atoms with Crippen molar-refractivity contribution < 1.29 is 13.9 Å². The Balaban J connectivity index is 1.28. The van der Waals surface area contributed by atoms with E-state index in [4.69, 9.17) is 43.8 Å². The summed E-state index contributed by atoms with van der Waals surface area (Å²) in [6, 6.07) is 6.29. The number of rotatable bonds is 7. The summed E-state index contributed by atoms with van der Waals surface area (Å²) in [5, 5.41) is 9.47. The van der Waals surface area contributed by atoms with Crippen LogP contribution in [0.3, 0.4) is 0 Å². The number of halogens is 3. The van der Waals surface area contributed by atoms with Crippen LogP contribution in [-0.2, 0) is 11.3 Å². The van der Waals surface area contributed by atoms with Crippen LogP contribution < -0.4 is 15.4 Å². The summed E-state index contributed by atoms with van der Waals surface area (Å²) in [5.41, 5.74) is 7.86. The number of aromatic nitrogens is 2. The van der Waals surface area contributed by atoms with E-state index in [9.17, 15) is 0 Å². The van der Waals surface area contributed by atoms with Crippen molar-refractivity contribution in [3.8, 4) is 5.75 Å². The number of ether oxygens (including phenoxy) is 2. The van der Waals surface area contributed by atoms with E-state index in [1.807, 2.05) is 4.90 Å². The Hall–Kier alpha value is -2.98. The van der Waals surface area contributed by atoms with Crippen LogP contribution in [-0.4, -0.2) is 65.5 Å². The first-order valence-electron chi connectivity index (χ1n) is 11.9. The molecule has 0 radical (unpaired) electrons. The molecule has 2 fully saturated rings. The van der Waals surface area contributed by atoms with Crippen molar-refractivity contribution in [2.45, 2.75) is 19.1 Å². The van der Waals surface area contributed by atoms with Gasteiger partial charge in [0.1, 0.15) is 12.4 Å². The molecule has 0 amide bonds. The van der Waals surface area contributed by atoms with E-state index in [1.165, 1.54) is 24.7 Å². The van der Waals surface area contributed by atoms with Gasteiger partial charge >= 0.3 is 0 Å². The number of hydrogen-bond donors (Lipinski definition) is 2. The minimum atomic E-state index is -0.473. The molecule has 3 N–H and O–H groups in total. The molecule has 8 nitrogen and oxygen atoms in total. The lowest BCUT2D eigenvalue weighted by molar-refractivity contribution is -0.0268. The van der Waals surface area contributed by atoms with Crippen LogP contribution in [0.25, 0.3) is 0 Å². The van der Waals surface area contributed by atoms with Gasteiger partial charge < -0.3 is 20.1 Å². The third-order valence-electron chi connectivity index (χ3n) is 6.88. The SMILES string of the molecule is CC1(N2CCOCC2)CN(c2ncc(C(=N)c3cc(OCc4c(Cl)cncc4Cl)ccc3N)cc2F)C1. The van der Waals surface area contributed by atoms with Crippen LogP contribution in [0.1, 0.15) is 23.6 Å². The molecule has 3 aromatic rings. The Labute approximate surface area is 224 Å². The van der Waals surface area contributed by atoms with E-state index in [1.54, 1.807) is 18.2 Å². The quantitative estimate of drug-likeness (QED) is 0.335. The molecule has 0 atom stereocenters. The minimum Gasteiger partial charge on any atom is -0.489 e. The summed E-state index contributed by atoms with van der Waals surface area (Å²) in [4.78, 5) is 12.6. The van der Waals surface area contributed by atoms with E-state index in [0.717, 1.165) is 26.3 Å². The van der Waals surface area contributed by atoms with Crippen molar-refractivity contribution in [3.05, 3.63) is 75.4 Å². The highest BCUT2D eigenvalue weighted by atomic mass is 35.5. The monoisotopic (exact) mass is 544 g/mol. The third-order valence-corrected chi connectivity index (χ3v) is 7.53. The van der Waals surface area contributed by atoms with Crippen molar-refractivity contribution >= 4 is 40.4 Å². The number of nitrogens with one attached hydrogen (secondary N) is 1. The van der Waals surface area contributed by atoms with Gasteiger partial charge in [-0.25, -0.2) is 9.37 Å². The normalized spacial score (nSPS) is 17.4. The van der Waals surface area contributed by atoms with Crippen LogP contribution >= 0.6 is 23.2 Å². The summed E-state index contributed by atoms with van der Waals surface area (Å²) in [5.74, 6) is 0.281. The Morgan fingerprint density at radius 3 is 2.54 bits per heavy atom. The molecule has 37 heavy (non-hydrogen) atoms. The number of anilines is 2. The molecule has 0 saturated carbocycles. The van der Waals surface area contributed by atoms with Gasteiger partial charge in [0.2, 0.25) is 0 Å². The number of nitrogens with zero attached hydrogens (tertiary/aromatic N) is 4. The molecule has 0 bridgehead atoms. The highest BCUT2D eigenvalue weighted by Crippen LogP contribution is 2.34. The van der Waals surface area contributed by atoms with Crippen molar-refractivity contribution in [1.82, 2.24) is 14.9 Å². The van der Waals surface area contributed by atoms with E-state index < -0.39 is 5.82 Å². The Kier molecular flexibility index (Phi) is 7.22. The fourth-order valence-electron chi connectivity index (χ4n) is 4.76. The standard InChI is InChI=1S/C26H27Cl2FN6O2/c1-26(35-4-6-36-7-5-35)14-34(15-26)25-22(29)8-16(10-33-25)24(31)18-9-17(2-3-23(18)30)37-13-19-20(27)11-32-12-21(19)28/h2-3,8-12,31H,4-7,13-15,30H2,1H3. The zero-order chi connectivity index (χ0) is 26.2. The largest absolute Gasteiger partial charge is 0.489 e. The first kappa shape index (κ1) is 25.7. The van der Waals surface area contributed by atoms with Crippen molar-refractivity contribution in [2.75, 3.05) is 50.0 Å². The van der Waals surface area contributed by atoms with Crippen molar-refractivity contribution in [1.29, 1.82) is 5.41 Å². The fourth-order valence-corrected chi connectivity index (χ4v) is 5.23. The molecular formula is C26H27Cl2FN6O2. The average Bonchev–Trinajstić information content (AvgIpc) is 2.87. The predicted molar refractivity (Wildman–Crippen MR) is 143 cm³/mol. The Morgan fingerprint density at radius 1 is 1.16 bits per heavy atom. The van der Waals surface area contributed by atoms with Gasteiger partial charge in [0.05, 0.1) is 34.5 Å². The lowest BCUT2D eigenvalue weighted by Gasteiger charge is -2.55. The van der Waals surface area contributed by atoms with Gasteiger partial charge in [-0.05, 0) is 31.2 Å². The van der Waals surface area contributed by atoms with Gasteiger partial charge in [-0.1, -0.05) is 23.2 Å². The minimum absolute atomic E-state index is 0.0249. The lowest BCUT2D eigenvalue weighted by Crippen LogP contribution is -2.70. The molecule has 0 spiro atoms. The second-order valence-corrected chi connectivity index (χ2v) is 10.3. The number of morpholine rings is 1. The Bertz CT molecular complexity index is 1310. The smallest absolute Gasteiger partial charge is 0.166 e. The summed E-state index contributed by atoms with van der Waals surface area (Å²) >= 11 is 12.3. The number of pyridine rings is 2. The van der Waals surface area contributed by atoms with Gasteiger partial charge in [-0.2, -0.15) is 0 Å². The van der Waals surface area contributed by atoms with Crippen LogP contribution in [0.5, 0.6) is 5.75 Å². The molecule has 2 aliphatic heterocycles. The molecule has 194 valence electrons. The van der Waals surface area contributed by atoms with Crippen LogP contribution in [0.4, 0.5) is 15.9 Å². The first-order valence-corrected chi connectivity index (χ1v) is 12.6. The third kappa shape index (κ3) is 5.22. The number of hydrogen-bond acceptors (Lipinski definition) is 8. The van der Waals surface area contributed by atoms with Crippen molar-refractivity contribution in [2.24, 2.45) is 0 Å². The summed E-state index contributed by atoms with van der Waals surface area (Å²) in [7, 11) is 0. The molecule has 2 aromatic heterocycles. The van der Waals surface area contributed by atoms with Gasteiger partial charge in [0.25, 0.3) is 0 Å². The van der Waals surface area contributed by atoms with Gasteiger partial charge in [-0.15, -0.1) is 0 Å². The summed E-state index contributed by atoms with van der Waals surface area (Å²) in [6.45, 7) is 6.87. The van der Waals surface area contributed by atoms with Crippen LogP contribution in [0.15, 0.2) is 42.9 Å². The molecule has 2 saturated heterocycles. The molecule has 5 rings (SSSR count). The van der Waals surface area contributed by atoms with Crippen LogP contribution in [0, 0.1) is 11.2 Å². The van der Waals surface area contributed by atoms with Crippen molar-refractivity contribution in [3.63, 3.8) is 0 Å². The Morgan fingerprint density at radius 2 is 1.86 bits per heavy atom.